The molecule has 38 heavy (non-hydrogen) atoms. The third-order valence-electron chi connectivity index (χ3n) is 6.30. The summed E-state index contributed by atoms with van der Waals surface area (Å²) in [7, 11) is -9.02. The first-order valence-electron chi connectivity index (χ1n) is 11.6. The molecule has 0 radical (unpaired) electrons. The Balaban J connectivity index is 1.84. The molecule has 2 amide bonds. The van der Waals surface area contributed by atoms with E-state index in [1.807, 2.05) is 0 Å². The number of aryl methyl sites for hydroxylation is 2. The van der Waals surface area contributed by atoms with Crippen LogP contribution in [-0.4, -0.2) is 28.6 Å². The van der Waals surface area contributed by atoms with Crippen molar-refractivity contribution in [1.82, 2.24) is 0 Å². The number of hydrogen-bond donors (Lipinski definition) is 0. The van der Waals surface area contributed by atoms with Gasteiger partial charge in [-0.05, 0) is 61.4 Å². The standard InChI is InChI=1S/C28H22N2O6S2/c1-19-11-3-9-17-25(19)37(33,34)29-23-15-7-5-13-21(23)28(32)30(24-16-8-6-14-22(24)27(29)31)38(35,36)26-18-10-4-12-20(26)2/h3-18H,1-2H3. The summed E-state index contributed by atoms with van der Waals surface area (Å²) in [5.74, 6) is -1.98. The van der Waals surface area contributed by atoms with Crippen LogP contribution in [0.25, 0.3) is 0 Å². The second-order valence-electron chi connectivity index (χ2n) is 8.71. The van der Waals surface area contributed by atoms with Crippen LogP contribution in [0.4, 0.5) is 11.4 Å². The minimum Gasteiger partial charge on any atom is -0.267 e. The molecule has 0 unspecified atom stereocenters. The van der Waals surface area contributed by atoms with Crippen LogP contribution in [0.2, 0.25) is 0 Å². The molecule has 4 aromatic carbocycles. The molecule has 10 heteroatoms. The molecule has 0 atom stereocenters. The van der Waals surface area contributed by atoms with Crippen molar-refractivity contribution in [1.29, 1.82) is 0 Å². The van der Waals surface area contributed by atoms with Gasteiger partial charge in [0.1, 0.15) is 0 Å². The zero-order chi connectivity index (χ0) is 27.2. The van der Waals surface area contributed by atoms with Crippen molar-refractivity contribution >= 4 is 43.2 Å². The Morgan fingerprint density at radius 2 is 0.789 bits per heavy atom. The monoisotopic (exact) mass is 546 g/mol. The lowest BCUT2D eigenvalue weighted by molar-refractivity contribution is 0.0996. The lowest BCUT2D eigenvalue weighted by atomic mass is 10.1. The smallest absolute Gasteiger partial charge is 0.267 e. The molecular formula is C28H22N2O6S2. The average molecular weight is 547 g/mol. The van der Waals surface area contributed by atoms with E-state index in [1.165, 1.54) is 72.8 Å². The van der Waals surface area contributed by atoms with Gasteiger partial charge in [-0.25, -0.2) is 16.8 Å². The van der Waals surface area contributed by atoms with E-state index < -0.39 is 31.9 Å². The summed E-state index contributed by atoms with van der Waals surface area (Å²) in [4.78, 5) is 27.9. The average Bonchev–Trinajstić information content (AvgIpc) is 2.89. The van der Waals surface area contributed by atoms with Crippen molar-refractivity contribution in [3.05, 3.63) is 119 Å². The predicted octanol–water partition coefficient (Wildman–Crippen LogP) is 4.69. The first-order valence-corrected chi connectivity index (χ1v) is 14.4. The van der Waals surface area contributed by atoms with Gasteiger partial charge in [-0.15, -0.1) is 0 Å². The minimum atomic E-state index is -4.51. The number of hydrogen-bond acceptors (Lipinski definition) is 6. The highest BCUT2D eigenvalue weighted by Crippen LogP contribution is 2.38. The maximum Gasteiger partial charge on any atom is 0.274 e. The number of benzene rings is 4. The normalized spacial score (nSPS) is 13.9. The zero-order valence-electron chi connectivity index (χ0n) is 20.4. The Kier molecular flexibility index (Phi) is 6.16. The molecule has 1 aliphatic rings. The fraction of sp³-hybridized carbons (Fsp3) is 0.0714. The van der Waals surface area contributed by atoms with E-state index in [1.54, 1.807) is 38.1 Å². The molecule has 0 aliphatic carbocycles. The minimum absolute atomic E-state index is 0.113. The van der Waals surface area contributed by atoms with Crippen molar-refractivity contribution in [3.8, 4) is 0 Å². The molecule has 5 rings (SSSR count). The molecule has 1 heterocycles. The Hall–Kier alpha value is -4.28. The molecule has 0 bridgehead atoms. The van der Waals surface area contributed by atoms with E-state index in [0.717, 1.165) is 0 Å². The Morgan fingerprint density at radius 3 is 1.16 bits per heavy atom. The SMILES string of the molecule is Cc1ccccc1S(=O)(=O)N1C(=O)c2ccccc2N(S(=O)(=O)c2ccccc2C)C(=O)c2ccccc21. The van der Waals surface area contributed by atoms with Crippen LogP contribution in [-0.2, 0) is 20.0 Å². The summed E-state index contributed by atoms with van der Waals surface area (Å²) in [6.07, 6.45) is 0. The highest BCUT2D eigenvalue weighted by Gasteiger charge is 2.43. The Morgan fingerprint density at radius 1 is 0.474 bits per heavy atom. The van der Waals surface area contributed by atoms with E-state index in [9.17, 15) is 26.4 Å². The van der Waals surface area contributed by atoms with Gasteiger partial charge in [0.15, 0.2) is 0 Å². The van der Waals surface area contributed by atoms with Crippen LogP contribution in [0, 0.1) is 13.8 Å². The van der Waals surface area contributed by atoms with E-state index in [0.29, 0.717) is 19.7 Å². The molecule has 0 aromatic heterocycles. The van der Waals surface area contributed by atoms with Crippen LogP contribution in [0.1, 0.15) is 31.8 Å². The number of sulfonamides is 2. The number of carbonyl (C=O) groups excluding carboxylic acids is 2. The summed E-state index contributed by atoms with van der Waals surface area (Å²) >= 11 is 0. The molecular weight excluding hydrogens is 524 g/mol. The summed E-state index contributed by atoms with van der Waals surface area (Å²) in [6.45, 7) is 3.20. The largest absolute Gasteiger partial charge is 0.274 e. The fourth-order valence-corrected chi connectivity index (χ4v) is 7.78. The van der Waals surface area contributed by atoms with Gasteiger partial charge in [-0.3, -0.25) is 9.59 Å². The number of carbonyl (C=O) groups is 2. The number of amides is 2. The molecule has 4 aromatic rings. The number of anilines is 2. The van der Waals surface area contributed by atoms with Crippen LogP contribution < -0.4 is 8.61 Å². The first kappa shape index (κ1) is 25.4. The highest BCUT2D eigenvalue weighted by molar-refractivity contribution is 7.94. The first-order chi connectivity index (χ1) is 18.1. The molecule has 0 N–H and O–H groups in total. The number of rotatable bonds is 4. The van der Waals surface area contributed by atoms with Crippen LogP contribution in [0.5, 0.6) is 0 Å². The van der Waals surface area contributed by atoms with E-state index in [2.05, 4.69) is 0 Å². The van der Waals surface area contributed by atoms with Crippen molar-refractivity contribution in [2.24, 2.45) is 0 Å². The third-order valence-corrected chi connectivity index (χ3v) is 10.0. The van der Waals surface area contributed by atoms with Crippen molar-refractivity contribution < 1.29 is 26.4 Å². The molecule has 192 valence electrons. The van der Waals surface area contributed by atoms with Crippen LogP contribution in [0.15, 0.2) is 107 Å². The van der Waals surface area contributed by atoms with Crippen LogP contribution in [0.3, 0.4) is 0 Å². The quantitative estimate of drug-likeness (QED) is 0.368. The van der Waals surface area contributed by atoms with Gasteiger partial charge in [0, 0.05) is 0 Å². The Bertz CT molecular complexity index is 1700. The van der Waals surface area contributed by atoms with Crippen molar-refractivity contribution in [3.63, 3.8) is 0 Å². The molecule has 8 nitrogen and oxygen atoms in total. The lowest BCUT2D eigenvalue weighted by Crippen LogP contribution is -2.45. The van der Waals surface area contributed by atoms with Gasteiger partial charge in [0.05, 0.1) is 32.3 Å². The summed E-state index contributed by atoms with van der Waals surface area (Å²) in [5, 5.41) is 0. The van der Waals surface area contributed by atoms with E-state index in [-0.39, 0.29) is 32.3 Å². The number of fused-ring (bicyclic) bond motifs is 2. The topological polar surface area (TPSA) is 109 Å². The summed E-state index contributed by atoms with van der Waals surface area (Å²) < 4.78 is 57.0. The van der Waals surface area contributed by atoms with Crippen molar-refractivity contribution in [2.75, 3.05) is 8.61 Å². The molecule has 0 saturated heterocycles. The second kappa shape index (κ2) is 9.23. The lowest BCUT2D eigenvalue weighted by Gasteiger charge is -2.32. The van der Waals surface area contributed by atoms with Gasteiger partial charge in [0.25, 0.3) is 31.9 Å². The van der Waals surface area contributed by atoms with Gasteiger partial charge in [-0.2, -0.15) is 8.61 Å². The predicted molar refractivity (Wildman–Crippen MR) is 143 cm³/mol. The number of nitrogens with zero attached hydrogens (tertiary/aromatic N) is 2. The Labute approximate surface area is 220 Å². The molecule has 0 spiro atoms. The van der Waals surface area contributed by atoms with Crippen LogP contribution >= 0.6 is 0 Å². The molecule has 0 fully saturated rings. The van der Waals surface area contributed by atoms with Gasteiger partial charge < -0.3 is 0 Å². The van der Waals surface area contributed by atoms with Gasteiger partial charge in [-0.1, -0.05) is 60.7 Å². The zero-order valence-corrected chi connectivity index (χ0v) is 22.0. The second-order valence-corrected chi connectivity index (χ2v) is 12.2. The third kappa shape index (κ3) is 3.89. The number of para-hydroxylation sites is 2. The maximum atomic E-state index is 14.1. The fourth-order valence-electron chi connectivity index (χ4n) is 4.47. The molecule has 1 aliphatic heterocycles. The summed E-state index contributed by atoms with van der Waals surface area (Å²) in [5.41, 5.74) is -0.198. The van der Waals surface area contributed by atoms with E-state index in [4.69, 9.17) is 0 Å². The molecule has 0 saturated carbocycles. The van der Waals surface area contributed by atoms with E-state index >= 15 is 0 Å². The van der Waals surface area contributed by atoms with Gasteiger partial charge >= 0.3 is 0 Å². The van der Waals surface area contributed by atoms with Crippen molar-refractivity contribution in [2.45, 2.75) is 23.6 Å². The maximum absolute atomic E-state index is 14.1. The van der Waals surface area contributed by atoms with Gasteiger partial charge in [0.2, 0.25) is 0 Å². The summed E-state index contributed by atoms with van der Waals surface area (Å²) in [6, 6.07) is 23.5. The highest BCUT2D eigenvalue weighted by atomic mass is 32.2.